The molecule has 6 nitrogen and oxygen atoms in total. The van der Waals surface area contributed by atoms with E-state index in [2.05, 4.69) is 10.3 Å². The second-order valence-corrected chi connectivity index (χ2v) is 8.60. The number of ketones is 2. The van der Waals surface area contributed by atoms with Gasteiger partial charge in [0.2, 0.25) is 0 Å². The van der Waals surface area contributed by atoms with Gasteiger partial charge in [0.15, 0.2) is 10.9 Å². The molecule has 4 aromatic rings. The number of fused-ring (bicyclic) bond motifs is 1. The first-order valence-electron chi connectivity index (χ1n) is 10.1. The highest BCUT2D eigenvalue weighted by atomic mass is 32.1. The number of nitrogens with zero attached hydrogens (tertiary/aromatic N) is 1. The maximum atomic E-state index is 12.8. The number of primary amides is 1. The fraction of sp³-hybridized carbons (Fsp3) is 0.120. The van der Waals surface area contributed by atoms with E-state index in [0.29, 0.717) is 22.0 Å². The summed E-state index contributed by atoms with van der Waals surface area (Å²) in [6, 6.07) is 20.8. The molecule has 32 heavy (non-hydrogen) atoms. The van der Waals surface area contributed by atoms with Gasteiger partial charge in [0, 0.05) is 29.0 Å². The third kappa shape index (κ3) is 4.90. The van der Waals surface area contributed by atoms with Crippen LogP contribution in [0.15, 0.2) is 66.7 Å². The zero-order valence-corrected chi connectivity index (χ0v) is 18.2. The molecule has 0 fully saturated rings. The molecule has 1 amide bonds. The van der Waals surface area contributed by atoms with Crippen LogP contribution in [0.5, 0.6) is 0 Å². The van der Waals surface area contributed by atoms with Crippen LogP contribution in [0, 0.1) is 0 Å². The first kappa shape index (κ1) is 21.4. The number of thiazole rings is 1. The van der Waals surface area contributed by atoms with Gasteiger partial charge in [0.25, 0.3) is 5.91 Å². The minimum absolute atomic E-state index is 0.0153. The maximum Gasteiger partial charge on any atom is 0.268 e. The van der Waals surface area contributed by atoms with Crippen LogP contribution in [0.25, 0.3) is 10.8 Å². The third-order valence-electron chi connectivity index (χ3n) is 4.98. The molecule has 1 aromatic heterocycles. The SMILES string of the molecule is CC(=O)Cc1ccc(C(=O)Cc2sc(Nc3ccc4ccccc4c3)nc2C(N)=O)cc1. The lowest BCUT2D eigenvalue weighted by Gasteiger charge is -2.04. The molecule has 0 spiro atoms. The van der Waals surface area contributed by atoms with E-state index < -0.39 is 5.91 Å². The summed E-state index contributed by atoms with van der Waals surface area (Å²) in [7, 11) is 0. The van der Waals surface area contributed by atoms with E-state index in [1.165, 1.54) is 18.3 Å². The Morgan fingerprint density at radius 2 is 1.66 bits per heavy atom. The highest BCUT2D eigenvalue weighted by molar-refractivity contribution is 7.16. The number of hydrogen-bond donors (Lipinski definition) is 2. The molecule has 0 unspecified atom stereocenters. The van der Waals surface area contributed by atoms with Crippen LogP contribution in [-0.2, 0) is 17.6 Å². The second kappa shape index (κ2) is 9.11. The fourth-order valence-corrected chi connectivity index (χ4v) is 4.44. The van der Waals surface area contributed by atoms with Crippen molar-refractivity contribution >= 4 is 50.4 Å². The molecule has 0 aliphatic rings. The van der Waals surface area contributed by atoms with E-state index in [-0.39, 0.29) is 23.7 Å². The lowest BCUT2D eigenvalue weighted by atomic mass is 10.0. The van der Waals surface area contributed by atoms with Crippen molar-refractivity contribution in [2.45, 2.75) is 19.8 Å². The summed E-state index contributed by atoms with van der Waals surface area (Å²) in [5.41, 5.74) is 7.79. The monoisotopic (exact) mass is 443 g/mol. The van der Waals surface area contributed by atoms with Crippen molar-refractivity contribution in [3.63, 3.8) is 0 Å². The molecule has 160 valence electrons. The first-order valence-corrected chi connectivity index (χ1v) is 10.9. The van der Waals surface area contributed by atoms with Crippen molar-refractivity contribution in [3.05, 3.63) is 88.4 Å². The largest absolute Gasteiger partial charge is 0.364 e. The number of carbonyl (C=O) groups excluding carboxylic acids is 3. The number of hydrogen-bond acceptors (Lipinski definition) is 6. The highest BCUT2D eigenvalue weighted by Crippen LogP contribution is 2.29. The Morgan fingerprint density at radius 1 is 0.938 bits per heavy atom. The lowest BCUT2D eigenvalue weighted by Crippen LogP contribution is -2.15. The molecule has 1 heterocycles. The summed E-state index contributed by atoms with van der Waals surface area (Å²) in [4.78, 5) is 40.8. The van der Waals surface area contributed by atoms with Crippen LogP contribution in [0.2, 0.25) is 0 Å². The van der Waals surface area contributed by atoms with Crippen LogP contribution in [0.4, 0.5) is 10.8 Å². The summed E-state index contributed by atoms with van der Waals surface area (Å²) in [6.45, 7) is 1.53. The average Bonchev–Trinajstić information content (AvgIpc) is 3.16. The molecule has 0 saturated heterocycles. The summed E-state index contributed by atoms with van der Waals surface area (Å²) >= 11 is 1.23. The lowest BCUT2D eigenvalue weighted by molar-refractivity contribution is -0.116. The summed E-state index contributed by atoms with van der Waals surface area (Å²) in [5.74, 6) is -0.763. The predicted octanol–water partition coefficient (Wildman–Crippen LogP) is 4.70. The Morgan fingerprint density at radius 3 is 2.34 bits per heavy atom. The van der Waals surface area contributed by atoms with E-state index in [1.807, 2.05) is 42.5 Å². The smallest absolute Gasteiger partial charge is 0.268 e. The van der Waals surface area contributed by atoms with Crippen LogP contribution in [0.1, 0.15) is 38.2 Å². The maximum absolute atomic E-state index is 12.8. The van der Waals surface area contributed by atoms with Crippen molar-refractivity contribution in [3.8, 4) is 0 Å². The summed E-state index contributed by atoms with van der Waals surface area (Å²) in [6.07, 6.45) is 0.348. The van der Waals surface area contributed by atoms with Gasteiger partial charge in [0.1, 0.15) is 11.5 Å². The number of anilines is 2. The molecule has 7 heteroatoms. The molecule has 3 aromatic carbocycles. The van der Waals surface area contributed by atoms with E-state index in [1.54, 1.807) is 24.3 Å². The van der Waals surface area contributed by atoms with E-state index >= 15 is 0 Å². The molecule has 4 rings (SSSR count). The standard InChI is InChI=1S/C25H21N3O3S/c1-15(29)12-16-6-8-18(9-7-16)21(30)14-22-23(24(26)31)28-25(32-22)27-20-11-10-17-4-2-3-5-19(17)13-20/h2-11,13H,12,14H2,1H3,(H2,26,31)(H,27,28). The normalized spacial score (nSPS) is 10.8. The van der Waals surface area contributed by atoms with Gasteiger partial charge in [0.05, 0.1) is 0 Å². The van der Waals surface area contributed by atoms with E-state index in [0.717, 1.165) is 22.0 Å². The van der Waals surface area contributed by atoms with Crippen LogP contribution in [-0.4, -0.2) is 22.5 Å². The zero-order valence-electron chi connectivity index (χ0n) is 17.4. The topological polar surface area (TPSA) is 102 Å². The van der Waals surface area contributed by atoms with Crippen LogP contribution in [0.3, 0.4) is 0 Å². The minimum atomic E-state index is -0.674. The first-order chi connectivity index (χ1) is 15.4. The number of nitrogens with one attached hydrogen (secondary N) is 1. The van der Waals surface area contributed by atoms with Crippen molar-refractivity contribution in [2.75, 3.05) is 5.32 Å². The Bertz CT molecular complexity index is 1330. The molecule has 0 aliphatic carbocycles. The summed E-state index contributed by atoms with van der Waals surface area (Å²) in [5, 5.41) is 5.90. The Kier molecular flexibility index (Phi) is 6.09. The number of benzene rings is 3. The third-order valence-corrected chi connectivity index (χ3v) is 5.95. The molecule has 0 saturated carbocycles. The number of Topliss-reactive ketones (excluding diaryl/α,β-unsaturated/α-hetero) is 2. The van der Waals surface area contributed by atoms with Crippen molar-refractivity contribution in [1.29, 1.82) is 0 Å². The number of nitrogens with two attached hydrogens (primary N) is 1. The number of amides is 1. The van der Waals surface area contributed by atoms with Crippen LogP contribution < -0.4 is 11.1 Å². The Hall–Kier alpha value is -3.84. The van der Waals surface area contributed by atoms with Gasteiger partial charge in [-0.2, -0.15) is 0 Å². The van der Waals surface area contributed by atoms with Crippen molar-refractivity contribution in [1.82, 2.24) is 4.98 Å². The molecule has 3 N–H and O–H groups in total. The highest BCUT2D eigenvalue weighted by Gasteiger charge is 2.19. The van der Waals surface area contributed by atoms with Gasteiger partial charge in [-0.25, -0.2) is 4.98 Å². The van der Waals surface area contributed by atoms with E-state index in [9.17, 15) is 14.4 Å². The van der Waals surface area contributed by atoms with Gasteiger partial charge in [-0.15, -0.1) is 11.3 Å². The Balaban J connectivity index is 1.54. The molecular weight excluding hydrogens is 422 g/mol. The summed E-state index contributed by atoms with van der Waals surface area (Å²) < 4.78 is 0. The Labute approximate surface area is 189 Å². The van der Waals surface area contributed by atoms with Gasteiger partial charge in [-0.1, -0.05) is 54.6 Å². The van der Waals surface area contributed by atoms with Gasteiger partial charge >= 0.3 is 0 Å². The zero-order chi connectivity index (χ0) is 22.7. The predicted molar refractivity (Wildman–Crippen MR) is 127 cm³/mol. The van der Waals surface area contributed by atoms with Crippen molar-refractivity contribution < 1.29 is 14.4 Å². The molecule has 0 aliphatic heterocycles. The molecule has 0 bridgehead atoms. The average molecular weight is 444 g/mol. The van der Waals surface area contributed by atoms with Gasteiger partial charge in [-0.3, -0.25) is 14.4 Å². The molecule has 0 atom stereocenters. The van der Waals surface area contributed by atoms with Gasteiger partial charge < -0.3 is 11.1 Å². The fourth-order valence-electron chi connectivity index (χ4n) is 3.45. The quantitative estimate of drug-likeness (QED) is 0.385. The molecule has 0 radical (unpaired) electrons. The second-order valence-electron chi connectivity index (χ2n) is 7.52. The number of carbonyl (C=O) groups is 3. The minimum Gasteiger partial charge on any atom is -0.364 e. The van der Waals surface area contributed by atoms with Crippen LogP contribution >= 0.6 is 11.3 Å². The molecular formula is C25H21N3O3S. The van der Waals surface area contributed by atoms with Gasteiger partial charge in [-0.05, 0) is 35.4 Å². The number of aromatic nitrogens is 1. The van der Waals surface area contributed by atoms with Crippen molar-refractivity contribution in [2.24, 2.45) is 5.73 Å². The number of rotatable bonds is 8. The van der Waals surface area contributed by atoms with E-state index in [4.69, 9.17) is 5.73 Å².